The van der Waals surface area contributed by atoms with E-state index in [4.69, 9.17) is 9.47 Å². The van der Waals surface area contributed by atoms with E-state index in [0.717, 1.165) is 11.1 Å². The number of carbonyl (C=O) groups is 1. The first-order valence-corrected chi connectivity index (χ1v) is 8.62. The van der Waals surface area contributed by atoms with Gasteiger partial charge in [0, 0.05) is 6.07 Å². The lowest BCUT2D eigenvalue weighted by atomic mass is 10.1. The Morgan fingerprint density at radius 3 is 2.52 bits per heavy atom. The summed E-state index contributed by atoms with van der Waals surface area (Å²) in [6.45, 7) is 5.75. The number of hydrogen-bond donors (Lipinski definition) is 1. The molecule has 0 spiro atoms. The summed E-state index contributed by atoms with van der Waals surface area (Å²) in [5.41, 5.74) is 1.84. The number of para-hydroxylation sites is 1. The normalized spacial score (nSPS) is 11.5. The SMILES string of the molecule is CCC(COC(=O)COc1c(C)cccc1C)Nc1ccc([N+](=O)[O-])cn1. The zero-order valence-corrected chi connectivity index (χ0v) is 15.6. The van der Waals surface area contributed by atoms with Crippen LogP contribution < -0.4 is 10.1 Å². The van der Waals surface area contributed by atoms with E-state index in [1.165, 1.54) is 18.3 Å². The van der Waals surface area contributed by atoms with E-state index in [2.05, 4.69) is 10.3 Å². The van der Waals surface area contributed by atoms with Gasteiger partial charge in [-0.2, -0.15) is 0 Å². The van der Waals surface area contributed by atoms with Gasteiger partial charge in [0.15, 0.2) is 6.61 Å². The number of benzene rings is 1. The third kappa shape index (κ3) is 5.95. The van der Waals surface area contributed by atoms with Crippen LogP contribution in [0.4, 0.5) is 11.5 Å². The zero-order valence-electron chi connectivity index (χ0n) is 15.6. The largest absolute Gasteiger partial charge is 0.481 e. The van der Waals surface area contributed by atoms with Crippen molar-refractivity contribution in [2.45, 2.75) is 33.2 Å². The number of pyridine rings is 1. The van der Waals surface area contributed by atoms with E-state index in [0.29, 0.717) is 18.0 Å². The third-order valence-corrected chi connectivity index (χ3v) is 3.99. The van der Waals surface area contributed by atoms with Crippen LogP contribution >= 0.6 is 0 Å². The highest BCUT2D eigenvalue weighted by molar-refractivity contribution is 5.71. The molecule has 0 aliphatic carbocycles. The average molecular weight is 373 g/mol. The molecule has 0 saturated carbocycles. The van der Waals surface area contributed by atoms with Crippen molar-refractivity contribution in [1.29, 1.82) is 0 Å². The summed E-state index contributed by atoms with van der Waals surface area (Å²) >= 11 is 0. The number of hydrogen-bond acceptors (Lipinski definition) is 7. The molecule has 0 aliphatic heterocycles. The smallest absolute Gasteiger partial charge is 0.344 e. The van der Waals surface area contributed by atoms with Crippen LogP contribution in [0.5, 0.6) is 5.75 Å². The maximum atomic E-state index is 12.0. The quantitative estimate of drug-likeness (QED) is 0.408. The van der Waals surface area contributed by atoms with Gasteiger partial charge >= 0.3 is 5.97 Å². The highest BCUT2D eigenvalue weighted by Crippen LogP contribution is 2.22. The van der Waals surface area contributed by atoms with Crippen LogP contribution in [0.2, 0.25) is 0 Å². The molecule has 1 unspecified atom stereocenters. The Hall–Kier alpha value is -3.16. The summed E-state index contributed by atoms with van der Waals surface area (Å²) in [6, 6.07) is 8.49. The number of carbonyl (C=O) groups excluding carboxylic acids is 1. The van der Waals surface area contributed by atoms with E-state index in [1.54, 1.807) is 0 Å². The first kappa shape index (κ1) is 20.2. The molecule has 0 aliphatic rings. The van der Waals surface area contributed by atoms with Gasteiger partial charge in [-0.3, -0.25) is 10.1 Å². The molecule has 8 heteroatoms. The van der Waals surface area contributed by atoms with Crippen molar-refractivity contribution >= 4 is 17.5 Å². The molecule has 0 saturated heterocycles. The van der Waals surface area contributed by atoms with Crippen LogP contribution in [-0.4, -0.2) is 35.1 Å². The van der Waals surface area contributed by atoms with E-state index >= 15 is 0 Å². The van der Waals surface area contributed by atoms with Crippen molar-refractivity contribution in [3.8, 4) is 5.75 Å². The molecule has 144 valence electrons. The van der Waals surface area contributed by atoms with Crippen molar-refractivity contribution in [2.75, 3.05) is 18.5 Å². The first-order valence-electron chi connectivity index (χ1n) is 8.62. The Morgan fingerprint density at radius 2 is 1.96 bits per heavy atom. The molecule has 1 heterocycles. The fourth-order valence-corrected chi connectivity index (χ4v) is 2.44. The number of nitrogens with one attached hydrogen (secondary N) is 1. The average Bonchev–Trinajstić information content (AvgIpc) is 2.65. The Kier molecular flexibility index (Phi) is 7.10. The predicted molar refractivity (Wildman–Crippen MR) is 101 cm³/mol. The van der Waals surface area contributed by atoms with E-state index in [-0.39, 0.29) is 24.9 Å². The van der Waals surface area contributed by atoms with E-state index in [1.807, 2.05) is 39.0 Å². The highest BCUT2D eigenvalue weighted by Gasteiger charge is 2.13. The Bertz CT molecular complexity index is 772. The number of nitrogens with zero attached hydrogens (tertiary/aromatic N) is 2. The zero-order chi connectivity index (χ0) is 19.8. The van der Waals surface area contributed by atoms with E-state index in [9.17, 15) is 14.9 Å². The molecule has 1 N–H and O–H groups in total. The Balaban J connectivity index is 1.82. The van der Waals surface area contributed by atoms with Gasteiger partial charge < -0.3 is 14.8 Å². The number of esters is 1. The fraction of sp³-hybridized carbons (Fsp3) is 0.368. The lowest BCUT2D eigenvalue weighted by molar-refractivity contribution is -0.385. The van der Waals surface area contributed by atoms with Gasteiger partial charge in [-0.05, 0) is 37.5 Å². The summed E-state index contributed by atoms with van der Waals surface area (Å²) in [5, 5.41) is 13.7. The molecule has 0 bridgehead atoms. The lowest BCUT2D eigenvalue weighted by Gasteiger charge is -2.18. The fourth-order valence-electron chi connectivity index (χ4n) is 2.44. The minimum atomic E-state index is -0.508. The van der Waals surface area contributed by atoms with Crippen molar-refractivity contribution in [3.05, 3.63) is 57.8 Å². The first-order chi connectivity index (χ1) is 12.9. The molecule has 27 heavy (non-hydrogen) atoms. The van der Waals surface area contributed by atoms with Gasteiger partial charge in [-0.25, -0.2) is 9.78 Å². The number of aromatic nitrogens is 1. The maximum Gasteiger partial charge on any atom is 0.344 e. The molecule has 8 nitrogen and oxygen atoms in total. The summed E-state index contributed by atoms with van der Waals surface area (Å²) < 4.78 is 10.8. The standard InChI is InChI=1S/C19H23N3O5/c1-4-15(21-17-9-8-16(10-20-17)22(24)25)11-26-18(23)12-27-19-13(2)6-5-7-14(19)3/h5-10,15H,4,11-12H2,1-3H3,(H,20,21). The monoisotopic (exact) mass is 373 g/mol. The minimum absolute atomic E-state index is 0.0799. The second-order valence-corrected chi connectivity index (χ2v) is 6.10. The Labute approximate surface area is 157 Å². The van der Waals surface area contributed by atoms with Gasteiger partial charge in [0.2, 0.25) is 0 Å². The summed E-state index contributed by atoms with van der Waals surface area (Å²) in [6.07, 6.45) is 1.86. The van der Waals surface area contributed by atoms with Crippen LogP contribution in [0, 0.1) is 24.0 Å². The second kappa shape index (κ2) is 9.51. The number of rotatable bonds is 9. The van der Waals surface area contributed by atoms with Crippen LogP contribution in [-0.2, 0) is 9.53 Å². The van der Waals surface area contributed by atoms with Crippen molar-refractivity contribution < 1.29 is 19.2 Å². The summed E-state index contributed by atoms with van der Waals surface area (Å²) in [7, 11) is 0. The topological polar surface area (TPSA) is 104 Å². The molecule has 2 rings (SSSR count). The molecule has 1 atom stereocenters. The molecular weight excluding hydrogens is 350 g/mol. The van der Waals surface area contributed by atoms with Crippen molar-refractivity contribution in [2.24, 2.45) is 0 Å². The Morgan fingerprint density at radius 1 is 1.26 bits per heavy atom. The highest BCUT2D eigenvalue weighted by atomic mass is 16.6. The summed E-state index contributed by atoms with van der Waals surface area (Å²) in [5.74, 6) is 0.708. The van der Waals surface area contributed by atoms with Crippen molar-refractivity contribution in [3.63, 3.8) is 0 Å². The van der Waals surface area contributed by atoms with Gasteiger partial charge in [0.25, 0.3) is 5.69 Å². The van der Waals surface area contributed by atoms with Gasteiger partial charge in [0.1, 0.15) is 24.4 Å². The van der Waals surface area contributed by atoms with Crippen LogP contribution in [0.15, 0.2) is 36.5 Å². The minimum Gasteiger partial charge on any atom is -0.481 e. The van der Waals surface area contributed by atoms with Gasteiger partial charge in [-0.15, -0.1) is 0 Å². The van der Waals surface area contributed by atoms with Gasteiger partial charge in [-0.1, -0.05) is 25.1 Å². The van der Waals surface area contributed by atoms with Gasteiger partial charge in [0.05, 0.1) is 11.0 Å². The second-order valence-electron chi connectivity index (χ2n) is 6.10. The molecule has 0 radical (unpaired) electrons. The van der Waals surface area contributed by atoms with Crippen molar-refractivity contribution in [1.82, 2.24) is 4.98 Å². The lowest BCUT2D eigenvalue weighted by Crippen LogP contribution is -2.28. The maximum absolute atomic E-state index is 12.0. The molecular formula is C19H23N3O5. The predicted octanol–water partition coefficient (Wildman–Crippen LogP) is 3.42. The summed E-state index contributed by atoms with van der Waals surface area (Å²) in [4.78, 5) is 26.1. The van der Waals surface area contributed by atoms with Crippen LogP contribution in [0.25, 0.3) is 0 Å². The number of anilines is 1. The number of nitro groups is 1. The number of ether oxygens (including phenoxy) is 2. The molecule has 1 aromatic heterocycles. The molecule has 2 aromatic rings. The molecule has 0 amide bonds. The molecule has 1 aromatic carbocycles. The molecule has 0 fully saturated rings. The third-order valence-electron chi connectivity index (χ3n) is 3.99. The van der Waals surface area contributed by atoms with Crippen LogP contribution in [0.3, 0.4) is 0 Å². The van der Waals surface area contributed by atoms with Crippen LogP contribution in [0.1, 0.15) is 24.5 Å². The number of aryl methyl sites for hydroxylation is 2. The van der Waals surface area contributed by atoms with E-state index < -0.39 is 10.9 Å².